The molecule has 148 valence electrons. The molecular weight excluding hydrogens is 369 g/mol. The van der Waals surface area contributed by atoms with Crippen molar-refractivity contribution >= 4 is 29.3 Å². The van der Waals surface area contributed by atoms with Crippen molar-refractivity contribution < 1.29 is 14.0 Å². The Labute approximate surface area is 168 Å². The number of aryl methyl sites for hydroxylation is 1. The van der Waals surface area contributed by atoms with Gasteiger partial charge in [-0.05, 0) is 54.2 Å². The fraction of sp³-hybridized carbons (Fsp3) is 0.261. The molecule has 4 rings (SSSR count). The SMILES string of the molecule is O=C1CCc2cc(C=CC(=O)N3CCC=C(c4ccccc4F)CC3)cnc2N1. The van der Waals surface area contributed by atoms with Crippen molar-refractivity contribution in [3.8, 4) is 0 Å². The first kappa shape index (κ1) is 19.1. The van der Waals surface area contributed by atoms with Gasteiger partial charge in [-0.1, -0.05) is 24.3 Å². The van der Waals surface area contributed by atoms with E-state index in [0.29, 0.717) is 50.2 Å². The average Bonchev–Trinajstić information content (AvgIpc) is 2.98. The maximum absolute atomic E-state index is 14.1. The van der Waals surface area contributed by atoms with E-state index in [1.54, 1.807) is 35.4 Å². The van der Waals surface area contributed by atoms with Crippen LogP contribution in [0.2, 0.25) is 0 Å². The highest BCUT2D eigenvalue weighted by molar-refractivity contribution is 5.94. The second kappa shape index (κ2) is 8.39. The van der Waals surface area contributed by atoms with Gasteiger partial charge in [-0.3, -0.25) is 9.59 Å². The van der Waals surface area contributed by atoms with E-state index in [4.69, 9.17) is 0 Å². The van der Waals surface area contributed by atoms with Gasteiger partial charge in [-0.2, -0.15) is 0 Å². The molecule has 0 aliphatic carbocycles. The lowest BCUT2D eigenvalue weighted by Crippen LogP contribution is -2.30. The number of nitrogens with one attached hydrogen (secondary N) is 1. The lowest BCUT2D eigenvalue weighted by Gasteiger charge is -2.19. The van der Waals surface area contributed by atoms with Gasteiger partial charge in [0, 0.05) is 37.3 Å². The maximum Gasteiger partial charge on any atom is 0.246 e. The van der Waals surface area contributed by atoms with Crippen LogP contribution in [0.15, 0.2) is 48.7 Å². The van der Waals surface area contributed by atoms with Gasteiger partial charge in [-0.15, -0.1) is 0 Å². The number of hydrogen-bond acceptors (Lipinski definition) is 3. The number of fused-ring (bicyclic) bond motifs is 1. The summed E-state index contributed by atoms with van der Waals surface area (Å²) in [5, 5.41) is 2.75. The van der Waals surface area contributed by atoms with Gasteiger partial charge >= 0.3 is 0 Å². The Morgan fingerprint density at radius 3 is 2.90 bits per heavy atom. The zero-order valence-corrected chi connectivity index (χ0v) is 16.0. The smallest absolute Gasteiger partial charge is 0.246 e. The average molecular weight is 391 g/mol. The Hall–Kier alpha value is -3.28. The van der Waals surface area contributed by atoms with Crippen molar-refractivity contribution in [2.45, 2.75) is 25.7 Å². The molecule has 0 bridgehead atoms. The van der Waals surface area contributed by atoms with Crippen molar-refractivity contribution in [2.24, 2.45) is 0 Å². The van der Waals surface area contributed by atoms with Gasteiger partial charge in [0.25, 0.3) is 0 Å². The quantitative estimate of drug-likeness (QED) is 0.809. The first-order valence-corrected chi connectivity index (χ1v) is 9.80. The number of anilines is 1. The molecule has 5 nitrogen and oxygen atoms in total. The summed E-state index contributed by atoms with van der Waals surface area (Å²) in [6, 6.07) is 8.70. The number of hydrogen-bond donors (Lipinski definition) is 1. The van der Waals surface area contributed by atoms with Crippen LogP contribution in [0.3, 0.4) is 0 Å². The minimum Gasteiger partial charge on any atom is -0.339 e. The van der Waals surface area contributed by atoms with E-state index >= 15 is 0 Å². The summed E-state index contributed by atoms with van der Waals surface area (Å²) in [7, 11) is 0. The van der Waals surface area contributed by atoms with Crippen LogP contribution in [0.5, 0.6) is 0 Å². The van der Waals surface area contributed by atoms with Crippen molar-refractivity contribution in [1.82, 2.24) is 9.88 Å². The van der Waals surface area contributed by atoms with Crippen LogP contribution < -0.4 is 5.32 Å². The topological polar surface area (TPSA) is 62.3 Å². The Kier molecular flexibility index (Phi) is 5.51. The summed E-state index contributed by atoms with van der Waals surface area (Å²) < 4.78 is 14.1. The fourth-order valence-corrected chi connectivity index (χ4v) is 3.69. The zero-order valence-electron chi connectivity index (χ0n) is 16.0. The number of aromatic nitrogens is 1. The number of nitrogens with zero attached hydrogens (tertiary/aromatic N) is 2. The van der Waals surface area contributed by atoms with Crippen LogP contribution in [0.4, 0.5) is 10.2 Å². The zero-order chi connectivity index (χ0) is 20.2. The molecule has 2 amide bonds. The Morgan fingerprint density at radius 1 is 1.17 bits per heavy atom. The van der Waals surface area contributed by atoms with Gasteiger partial charge in [0.05, 0.1) is 0 Å². The number of halogens is 1. The summed E-state index contributed by atoms with van der Waals surface area (Å²) in [4.78, 5) is 30.1. The van der Waals surface area contributed by atoms with Gasteiger partial charge in [0.15, 0.2) is 0 Å². The molecule has 0 saturated heterocycles. The molecule has 0 atom stereocenters. The van der Waals surface area contributed by atoms with E-state index in [9.17, 15) is 14.0 Å². The Morgan fingerprint density at radius 2 is 2.03 bits per heavy atom. The summed E-state index contributed by atoms with van der Waals surface area (Å²) >= 11 is 0. The van der Waals surface area contributed by atoms with E-state index in [1.807, 2.05) is 18.2 Å². The van der Waals surface area contributed by atoms with Crippen LogP contribution in [0.25, 0.3) is 11.6 Å². The highest BCUT2D eigenvalue weighted by Gasteiger charge is 2.18. The Bertz CT molecular complexity index is 1010. The maximum atomic E-state index is 14.1. The molecule has 2 aromatic rings. The van der Waals surface area contributed by atoms with E-state index in [2.05, 4.69) is 10.3 Å². The molecule has 1 N–H and O–H groups in total. The minimum atomic E-state index is -0.227. The molecule has 0 spiro atoms. The highest BCUT2D eigenvalue weighted by atomic mass is 19.1. The molecule has 3 heterocycles. The van der Waals surface area contributed by atoms with Gasteiger partial charge in [0.1, 0.15) is 11.6 Å². The van der Waals surface area contributed by atoms with Crippen LogP contribution in [-0.4, -0.2) is 34.8 Å². The standard InChI is InChI=1S/C23H22FN3O2/c24-20-6-2-1-5-19(20)17-4-3-12-27(13-11-17)22(29)10-7-16-14-18-8-9-21(28)26-23(18)25-15-16/h1-2,4-7,10,14-15H,3,8-9,11-13H2,(H,25,26,28). The minimum absolute atomic E-state index is 0.0204. The first-order valence-electron chi connectivity index (χ1n) is 9.80. The molecule has 0 unspecified atom stereocenters. The number of amides is 2. The number of carbonyl (C=O) groups excluding carboxylic acids is 2. The molecule has 0 radical (unpaired) electrons. The number of carbonyl (C=O) groups is 2. The lowest BCUT2D eigenvalue weighted by atomic mass is 10.0. The number of rotatable bonds is 3. The van der Waals surface area contributed by atoms with E-state index in [-0.39, 0.29) is 17.6 Å². The third-order valence-corrected chi connectivity index (χ3v) is 5.26. The van der Waals surface area contributed by atoms with Gasteiger partial charge in [0.2, 0.25) is 11.8 Å². The van der Waals surface area contributed by atoms with Crippen molar-refractivity contribution in [3.63, 3.8) is 0 Å². The van der Waals surface area contributed by atoms with Crippen LogP contribution >= 0.6 is 0 Å². The molecular formula is C23H22FN3O2. The number of pyridine rings is 1. The molecule has 0 saturated carbocycles. The largest absolute Gasteiger partial charge is 0.339 e. The van der Waals surface area contributed by atoms with Crippen molar-refractivity contribution in [3.05, 3.63) is 71.2 Å². The normalized spacial score (nSPS) is 16.8. The highest BCUT2D eigenvalue weighted by Crippen LogP contribution is 2.25. The summed E-state index contributed by atoms with van der Waals surface area (Å²) in [6.07, 6.45) is 9.41. The fourth-order valence-electron chi connectivity index (χ4n) is 3.69. The predicted molar refractivity (Wildman–Crippen MR) is 110 cm³/mol. The van der Waals surface area contributed by atoms with E-state index < -0.39 is 0 Å². The second-order valence-corrected chi connectivity index (χ2v) is 7.23. The molecule has 1 aromatic heterocycles. The lowest BCUT2D eigenvalue weighted by molar-refractivity contribution is -0.125. The molecule has 6 heteroatoms. The van der Waals surface area contributed by atoms with Gasteiger partial charge < -0.3 is 10.2 Å². The van der Waals surface area contributed by atoms with E-state index in [0.717, 1.165) is 16.7 Å². The summed E-state index contributed by atoms with van der Waals surface area (Å²) in [6.45, 7) is 1.16. The van der Waals surface area contributed by atoms with Crippen LogP contribution in [0, 0.1) is 5.82 Å². The number of benzene rings is 1. The van der Waals surface area contributed by atoms with Crippen molar-refractivity contribution in [2.75, 3.05) is 18.4 Å². The first-order chi connectivity index (χ1) is 14.1. The molecule has 29 heavy (non-hydrogen) atoms. The predicted octanol–water partition coefficient (Wildman–Crippen LogP) is 3.82. The summed E-state index contributed by atoms with van der Waals surface area (Å²) in [5.74, 6) is 0.283. The molecule has 2 aliphatic heterocycles. The second-order valence-electron chi connectivity index (χ2n) is 7.23. The van der Waals surface area contributed by atoms with Gasteiger partial charge in [-0.25, -0.2) is 9.37 Å². The third-order valence-electron chi connectivity index (χ3n) is 5.26. The molecule has 1 aromatic carbocycles. The molecule has 2 aliphatic rings. The third kappa shape index (κ3) is 4.42. The summed E-state index contributed by atoms with van der Waals surface area (Å²) in [5.41, 5.74) is 3.37. The van der Waals surface area contributed by atoms with Crippen molar-refractivity contribution in [1.29, 1.82) is 0 Å². The molecule has 0 fully saturated rings. The van der Waals surface area contributed by atoms with Crippen LogP contribution in [-0.2, 0) is 16.0 Å². The van der Waals surface area contributed by atoms with Crippen LogP contribution in [0.1, 0.15) is 36.0 Å². The van der Waals surface area contributed by atoms with E-state index in [1.165, 1.54) is 6.07 Å². The Balaban J connectivity index is 1.39. The monoisotopic (exact) mass is 391 g/mol.